The monoisotopic (exact) mass is 366 g/mol. The smallest absolute Gasteiger partial charge is 0.118 e. The number of hydrogen-bond acceptors (Lipinski definition) is 2. The zero-order valence-electron chi connectivity index (χ0n) is 10.9. The first kappa shape index (κ1) is 15.4. The molecule has 0 unspecified atom stereocenters. The van der Waals surface area contributed by atoms with Crippen molar-refractivity contribution in [2.45, 2.75) is 0 Å². The Balaban J connectivity index is 0.000000191. The van der Waals surface area contributed by atoms with Gasteiger partial charge in [0.05, 0.1) is 14.2 Å². The van der Waals surface area contributed by atoms with Gasteiger partial charge in [-0.1, -0.05) is 5.92 Å². The maximum Gasteiger partial charge on any atom is 0.118 e. The highest BCUT2D eigenvalue weighted by atomic mass is 127. The van der Waals surface area contributed by atoms with E-state index in [0.717, 1.165) is 17.1 Å². The number of halogens is 1. The van der Waals surface area contributed by atoms with E-state index in [1.54, 1.807) is 14.2 Å². The predicted molar refractivity (Wildman–Crippen MR) is 86.6 cm³/mol. The van der Waals surface area contributed by atoms with Crippen LogP contribution in [0.1, 0.15) is 5.56 Å². The largest absolute Gasteiger partial charge is 0.497 e. The van der Waals surface area contributed by atoms with Crippen molar-refractivity contribution in [1.82, 2.24) is 0 Å². The van der Waals surface area contributed by atoms with Gasteiger partial charge in [-0.15, -0.1) is 6.42 Å². The predicted octanol–water partition coefficient (Wildman–Crippen LogP) is 3.98. The number of benzene rings is 2. The summed E-state index contributed by atoms with van der Waals surface area (Å²) >= 11 is 2.26. The zero-order chi connectivity index (χ0) is 14.1. The number of methoxy groups -OCH3 is 2. The lowest BCUT2D eigenvalue weighted by atomic mass is 10.2. The van der Waals surface area contributed by atoms with Crippen LogP contribution >= 0.6 is 22.6 Å². The molecule has 2 nitrogen and oxygen atoms in total. The molecule has 0 amide bonds. The van der Waals surface area contributed by atoms with Crippen LogP contribution < -0.4 is 9.47 Å². The van der Waals surface area contributed by atoms with Gasteiger partial charge in [0, 0.05) is 9.13 Å². The van der Waals surface area contributed by atoms with Crippen molar-refractivity contribution in [2.24, 2.45) is 0 Å². The molecule has 0 aliphatic carbocycles. The van der Waals surface area contributed by atoms with Crippen LogP contribution in [-0.4, -0.2) is 14.2 Å². The van der Waals surface area contributed by atoms with Gasteiger partial charge in [0.15, 0.2) is 0 Å². The SMILES string of the molecule is C#Cc1ccc(OC)cc1.COc1ccc(I)cc1. The summed E-state index contributed by atoms with van der Waals surface area (Å²) in [4.78, 5) is 0. The second-order valence-electron chi connectivity index (χ2n) is 3.53. The zero-order valence-corrected chi connectivity index (χ0v) is 13.0. The summed E-state index contributed by atoms with van der Waals surface area (Å²) in [6, 6.07) is 15.3. The molecule has 0 aliphatic heterocycles. The van der Waals surface area contributed by atoms with Crippen molar-refractivity contribution < 1.29 is 9.47 Å². The fourth-order valence-electron chi connectivity index (χ4n) is 1.26. The molecule has 0 aromatic heterocycles. The molecule has 0 spiro atoms. The number of ether oxygens (including phenoxy) is 2. The van der Waals surface area contributed by atoms with Gasteiger partial charge in [-0.3, -0.25) is 0 Å². The molecule has 0 fully saturated rings. The Hall–Kier alpha value is -1.67. The second kappa shape index (κ2) is 8.44. The summed E-state index contributed by atoms with van der Waals surface area (Å²) in [5, 5.41) is 0. The molecule has 19 heavy (non-hydrogen) atoms. The molecular formula is C16H15IO2. The Kier molecular flexibility index (Phi) is 6.83. The van der Waals surface area contributed by atoms with Gasteiger partial charge >= 0.3 is 0 Å². The molecule has 0 N–H and O–H groups in total. The van der Waals surface area contributed by atoms with E-state index in [1.165, 1.54) is 3.57 Å². The number of terminal acetylenes is 1. The van der Waals surface area contributed by atoms with E-state index >= 15 is 0 Å². The minimum Gasteiger partial charge on any atom is -0.497 e. The third kappa shape index (κ3) is 5.66. The van der Waals surface area contributed by atoms with Crippen LogP contribution in [0.2, 0.25) is 0 Å². The first-order valence-corrected chi connectivity index (χ1v) is 6.67. The van der Waals surface area contributed by atoms with Gasteiger partial charge in [0.25, 0.3) is 0 Å². The van der Waals surface area contributed by atoms with E-state index in [9.17, 15) is 0 Å². The summed E-state index contributed by atoms with van der Waals surface area (Å²) in [7, 11) is 3.30. The Morgan fingerprint density at radius 2 is 1.26 bits per heavy atom. The molecule has 0 saturated heterocycles. The lowest BCUT2D eigenvalue weighted by Crippen LogP contribution is -1.81. The van der Waals surface area contributed by atoms with Crippen LogP contribution in [0.25, 0.3) is 0 Å². The second-order valence-corrected chi connectivity index (χ2v) is 4.78. The number of hydrogen-bond donors (Lipinski definition) is 0. The lowest BCUT2D eigenvalue weighted by Gasteiger charge is -1.96. The average molecular weight is 366 g/mol. The number of rotatable bonds is 2. The van der Waals surface area contributed by atoms with E-state index < -0.39 is 0 Å². The normalized spacial score (nSPS) is 8.74. The van der Waals surface area contributed by atoms with Crippen LogP contribution in [0.5, 0.6) is 11.5 Å². The molecule has 98 valence electrons. The summed E-state index contributed by atoms with van der Waals surface area (Å²) < 4.78 is 11.1. The Bertz CT molecular complexity index is 524. The Labute approximate surface area is 127 Å². The van der Waals surface area contributed by atoms with Crippen molar-refractivity contribution in [3.63, 3.8) is 0 Å². The van der Waals surface area contributed by atoms with Gasteiger partial charge < -0.3 is 9.47 Å². The summed E-state index contributed by atoms with van der Waals surface area (Å²) in [5.74, 6) is 4.27. The third-order valence-electron chi connectivity index (χ3n) is 2.31. The highest BCUT2D eigenvalue weighted by molar-refractivity contribution is 14.1. The molecule has 0 radical (unpaired) electrons. The summed E-state index contributed by atoms with van der Waals surface area (Å²) in [6.07, 6.45) is 5.15. The van der Waals surface area contributed by atoms with Crippen LogP contribution in [0.15, 0.2) is 48.5 Å². The van der Waals surface area contributed by atoms with E-state index in [-0.39, 0.29) is 0 Å². The maximum atomic E-state index is 5.15. The van der Waals surface area contributed by atoms with E-state index in [1.807, 2.05) is 48.5 Å². The van der Waals surface area contributed by atoms with Crippen LogP contribution in [0.4, 0.5) is 0 Å². The van der Waals surface area contributed by atoms with Crippen LogP contribution in [0, 0.1) is 15.9 Å². The fraction of sp³-hybridized carbons (Fsp3) is 0.125. The topological polar surface area (TPSA) is 18.5 Å². The first-order chi connectivity index (χ1) is 9.19. The van der Waals surface area contributed by atoms with Gasteiger partial charge in [0.2, 0.25) is 0 Å². The molecule has 0 atom stereocenters. The average Bonchev–Trinajstić information content (AvgIpc) is 2.49. The quantitative estimate of drug-likeness (QED) is 0.592. The highest BCUT2D eigenvalue weighted by Gasteiger charge is 1.88. The highest BCUT2D eigenvalue weighted by Crippen LogP contribution is 2.12. The van der Waals surface area contributed by atoms with Crippen molar-refractivity contribution in [2.75, 3.05) is 14.2 Å². The molecule has 0 saturated carbocycles. The molecule has 2 aromatic carbocycles. The molecule has 2 rings (SSSR count). The molecule has 3 heteroatoms. The van der Waals surface area contributed by atoms with E-state index in [4.69, 9.17) is 15.9 Å². The van der Waals surface area contributed by atoms with Gasteiger partial charge in [-0.2, -0.15) is 0 Å². The molecule has 0 aliphatic rings. The van der Waals surface area contributed by atoms with Crippen molar-refractivity contribution in [1.29, 1.82) is 0 Å². The standard InChI is InChI=1S/C9H8O.C7H7IO/c1-3-8-4-6-9(10-2)7-5-8;1-9-7-4-2-6(8)3-5-7/h1,4-7H,2H3;2-5H,1H3. The minimum absolute atomic E-state index is 0.832. The first-order valence-electron chi connectivity index (χ1n) is 5.60. The Morgan fingerprint density at radius 1 is 0.842 bits per heavy atom. The molecule has 2 aromatic rings. The van der Waals surface area contributed by atoms with Crippen LogP contribution in [-0.2, 0) is 0 Å². The molecular weight excluding hydrogens is 351 g/mol. The third-order valence-corrected chi connectivity index (χ3v) is 3.03. The van der Waals surface area contributed by atoms with Crippen LogP contribution in [0.3, 0.4) is 0 Å². The van der Waals surface area contributed by atoms with Gasteiger partial charge in [-0.05, 0) is 71.1 Å². The van der Waals surface area contributed by atoms with Gasteiger partial charge in [0.1, 0.15) is 11.5 Å². The summed E-state index contributed by atoms with van der Waals surface area (Å²) in [5.41, 5.74) is 0.876. The minimum atomic E-state index is 0.832. The maximum absolute atomic E-state index is 5.15. The fourth-order valence-corrected chi connectivity index (χ4v) is 1.62. The van der Waals surface area contributed by atoms with Crippen molar-refractivity contribution in [3.8, 4) is 23.8 Å². The van der Waals surface area contributed by atoms with Gasteiger partial charge in [-0.25, -0.2) is 0 Å². The van der Waals surface area contributed by atoms with E-state index in [2.05, 4.69) is 28.5 Å². The summed E-state index contributed by atoms with van der Waals surface area (Å²) in [6.45, 7) is 0. The van der Waals surface area contributed by atoms with E-state index in [0.29, 0.717) is 0 Å². The van der Waals surface area contributed by atoms with Crippen molar-refractivity contribution in [3.05, 3.63) is 57.7 Å². The van der Waals surface area contributed by atoms with Crippen molar-refractivity contribution >= 4 is 22.6 Å². The Morgan fingerprint density at radius 3 is 1.63 bits per heavy atom. The molecule has 0 bridgehead atoms. The lowest BCUT2D eigenvalue weighted by molar-refractivity contribution is 0.414. The molecule has 0 heterocycles.